The minimum atomic E-state index is -2.12. The van der Waals surface area contributed by atoms with Crippen LogP contribution in [-0.2, 0) is 20.3 Å². The molecule has 3 fully saturated rings. The molecule has 5 aliphatic rings. The molecule has 3 heteroatoms. The fourth-order valence-electron chi connectivity index (χ4n) is 7.54. The first kappa shape index (κ1) is 22.1. The van der Waals surface area contributed by atoms with Crippen molar-refractivity contribution in [1.82, 2.24) is 0 Å². The fraction of sp³-hybridized carbons (Fsp3) is 0.667. The van der Waals surface area contributed by atoms with E-state index in [0.717, 1.165) is 27.3 Å². The summed E-state index contributed by atoms with van der Waals surface area (Å²) in [5.74, 6) is 3.95. The minimum Gasteiger partial charge on any atom is -1.00 e. The number of hydrogen-bond acceptors (Lipinski definition) is 0. The normalized spacial score (nSPS) is 36.7. The van der Waals surface area contributed by atoms with Crippen LogP contribution in [0.1, 0.15) is 58.8 Å². The Morgan fingerprint density at radius 1 is 0.889 bits per heavy atom. The maximum atomic E-state index is 2.67. The topological polar surface area (TPSA) is 0 Å². The van der Waals surface area contributed by atoms with Crippen molar-refractivity contribution in [1.29, 1.82) is 0 Å². The number of fused-ring (bicyclic) bond motifs is 3. The van der Waals surface area contributed by atoms with Crippen molar-refractivity contribution >= 4 is 0 Å². The number of rotatable bonds is 4. The van der Waals surface area contributed by atoms with E-state index in [4.69, 9.17) is 0 Å². The Kier molecular flexibility index (Phi) is 7.09. The van der Waals surface area contributed by atoms with Gasteiger partial charge in [-0.2, -0.15) is 0 Å². The monoisotopic (exact) mass is 482 g/mol. The molecule has 0 bridgehead atoms. The second kappa shape index (κ2) is 8.65. The zero-order valence-corrected chi connectivity index (χ0v) is 20.9. The molecular formula is C24H34Cl2Zr. The molecule has 0 amide bonds. The number of hydrogen-bond donors (Lipinski definition) is 0. The van der Waals surface area contributed by atoms with Crippen LogP contribution in [0, 0.1) is 23.7 Å². The third-order valence-corrected chi connectivity index (χ3v) is 21.7. The van der Waals surface area contributed by atoms with Crippen molar-refractivity contribution in [2.75, 3.05) is 0 Å². The molecule has 0 nitrogen and oxygen atoms in total. The van der Waals surface area contributed by atoms with E-state index in [1.165, 1.54) is 38.5 Å². The molecule has 0 aromatic rings. The Morgan fingerprint density at radius 3 is 2.19 bits per heavy atom. The summed E-state index contributed by atoms with van der Waals surface area (Å²) >= 11 is -2.12. The van der Waals surface area contributed by atoms with Crippen LogP contribution in [0.2, 0.25) is 11.9 Å². The first-order valence-corrected chi connectivity index (χ1v) is 17.2. The second-order valence-corrected chi connectivity index (χ2v) is 20.6. The molecule has 1 aliphatic heterocycles. The van der Waals surface area contributed by atoms with Crippen LogP contribution in [0.4, 0.5) is 0 Å². The van der Waals surface area contributed by atoms with E-state index < -0.39 is 20.3 Å². The van der Waals surface area contributed by atoms with E-state index in [9.17, 15) is 0 Å². The van der Waals surface area contributed by atoms with Crippen molar-refractivity contribution in [3.05, 3.63) is 44.8 Å². The van der Waals surface area contributed by atoms with Gasteiger partial charge in [-0.3, -0.25) is 0 Å². The van der Waals surface area contributed by atoms with E-state index in [2.05, 4.69) is 47.5 Å². The maximum Gasteiger partial charge on any atom is -1.00 e. The first-order valence-electron chi connectivity index (χ1n) is 11.1. The predicted molar refractivity (Wildman–Crippen MR) is 104 cm³/mol. The average molecular weight is 485 g/mol. The van der Waals surface area contributed by atoms with Gasteiger partial charge in [0.2, 0.25) is 0 Å². The standard InChI is InChI=1S/C13H17.C9H13.C2H4.2ClH.Zr/c1-3-7-12-10(5-1)9-11-6-2-4-8-13(11)12;1-3-8-6-5-7-9(8)4-2;1-2;;;/h1,3,5,7,9-13H,2,4,6,8H2;6H,3-5H2,1-2H3;1-2H2;2*1H;/q;;;;;+2/p-2. The largest absolute Gasteiger partial charge is 1.00 e. The predicted octanol–water partition coefficient (Wildman–Crippen LogP) is 1.37. The number of halogens is 2. The molecule has 0 aromatic carbocycles. The SMILES string of the molecule is CCC1=CC[C]([Zr+2]2([CH]3C4C=CC=CC4C4CCCCC43)[CH2][CH2]2)=C1CC.[Cl-].[Cl-]. The summed E-state index contributed by atoms with van der Waals surface area (Å²) in [4.78, 5) is 0. The van der Waals surface area contributed by atoms with Gasteiger partial charge in [0.15, 0.2) is 0 Å². The molecule has 0 aromatic heterocycles. The van der Waals surface area contributed by atoms with E-state index in [1.54, 1.807) is 20.3 Å². The second-order valence-electron chi connectivity index (χ2n) is 9.32. The zero-order chi connectivity index (χ0) is 17.0. The summed E-state index contributed by atoms with van der Waals surface area (Å²) in [6.45, 7) is 4.80. The van der Waals surface area contributed by atoms with Crippen LogP contribution >= 0.6 is 0 Å². The van der Waals surface area contributed by atoms with Gasteiger partial charge in [-0.05, 0) is 0 Å². The van der Waals surface area contributed by atoms with Gasteiger partial charge < -0.3 is 24.8 Å². The average Bonchev–Trinajstić information content (AvgIpc) is 3.22. The Balaban J connectivity index is 0.00000105. The fourth-order valence-corrected chi connectivity index (χ4v) is 25.5. The molecule has 1 heterocycles. The summed E-state index contributed by atoms with van der Waals surface area (Å²) in [5, 5.41) is 0. The van der Waals surface area contributed by atoms with Crippen LogP contribution in [0.25, 0.3) is 0 Å². The number of allylic oxidation sites excluding steroid dienone is 8. The molecule has 0 radical (unpaired) electrons. The Bertz CT molecular complexity index is 682. The van der Waals surface area contributed by atoms with Crippen LogP contribution in [-0.4, -0.2) is 0 Å². The van der Waals surface area contributed by atoms with Crippen LogP contribution in [0.5, 0.6) is 0 Å². The van der Waals surface area contributed by atoms with Crippen molar-refractivity contribution in [3.63, 3.8) is 0 Å². The Labute approximate surface area is 183 Å². The Morgan fingerprint density at radius 2 is 1.56 bits per heavy atom. The molecule has 27 heavy (non-hydrogen) atoms. The van der Waals surface area contributed by atoms with E-state index in [0.29, 0.717) is 0 Å². The van der Waals surface area contributed by atoms with Gasteiger partial charge >= 0.3 is 159 Å². The van der Waals surface area contributed by atoms with Gasteiger partial charge in [0, 0.05) is 0 Å². The van der Waals surface area contributed by atoms with Crippen LogP contribution in [0.15, 0.2) is 44.8 Å². The minimum absolute atomic E-state index is 0. The van der Waals surface area contributed by atoms with Gasteiger partial charge in [-0.15, -0.1) is 0 Å². The zero-order valence-electron chi connectivity index (χ0n) is 16.9. The molecule has 5 rings (SSSR count). The van der Waals surface area contributed by atoms with Crippen molar-refractivity contribution in [2.45, 2.75) is 70.7 Å². The van der Waals surface area contributed by atoms with Gasteiger partial charge in [0.05, 0.1) is 0 Å². The van der Waals surface area contributed by atoms with E-state index >= 15 is 0 Å². The Hall–Kier alpha value is 0.423. The van der Waals surface area contributed by atoms with Crippen molar-refractivity contribution in [3.8, 4) is 0 Å². The molecule has 148 valence electrons. The molecule has 1 saturated heterocycles. The third kappa shape index (κ3) is 3.37. The summed E-state index contributed by atoms with van der Waals surface area (Å²) in [5.41, 5.74) is 3.59. The van der Waals surface area contributed by atoms with Gasteiger partial charge in [0.1, 0.15) is 0 Å². The van der Waals surface area contributed by atoms with Crippen molar-refractivity contribution in [2.24, 2.45) is 23.7 Å². The quantitative estimate of drug-likeness (QED) is 0.566. The smallest absolute Gasteiger partial charge is 1.00 e. The van der Waals surface area contributed by atoms with Gasteiger partial charge in [-0.25, -0.2) is 0 Å². The molecule has 5 unspecified atom stereocenters. The third-order valence-electron chi connectivity index (χ3n) is 8.53. The molecule has 0 N–H and O–H groups in total. The molecule has 5 atom stereocenters. The van der Waals surface area contributed by atoms with E-state index in [1.807, 2.05) is 5.57 Å². The van der Waals surface area contributed by atoms with Gasteiger partial charge in [-0.1, -0.05) is 0 Å². The van der Waals surface area contributed by atoms with Gasteiger partial charge in [0.25, 0.3) is 0 Å². The van der Waals surface area contributed by atoms with Crippen LogP contribution < -0.4 is 24.8 Å². The molecule has 4 aliphatic carbocycles. The van der Waals surface area contributed by atoms with Crippen LogP contribution in [0.3, 0.4) is 0 Å². The van der Waals surface area contributed by atoms with E-state index in [-0.39, 0.29) is 24.8 Å². The maximum absolute atomic E-state index is 2.67. The summed E-state index contributed by atoms with van der Waals surface area (Å²) in [6, 6.07) is 0. The molecule has 2 saturated carbocycles. The summed E-state index contributed by atoms with van der Waals surface area (Å²) in [6.07, 6.45) is 22.7. The first-order chi connectivity index (χ1) is 12.3. The van der Waals surface area contributed by atoms with Crippen molar-refractivity contribution < 1.29 is 45.1 Å². The molecule has 0 spiro atoms. The summed E-state index contributed by atoms with van der Waals surface area (Å²) < 4.78 is 6.62. The molecular weight excluding hydrogens is 450 g/mol. The summed E-state index contributed by atoms with van der Waals surface area (Å²) in [7, 11) is 0.